The fourth-order valence-electron chi connectivity index (χ4n) is 2.97. The zero-order chi connectivity index (χ0) is 18.1. The number of phenolic OH excluding ortho intramolecular Hbond substituents is 2. The van der Waals surface area contributed by atoms with Gasteiger partial charge in [0.25, 0.3) is 0 Å². The van der Waals surface area contributed by atoms with E-state index in [0.29, 0.717) is 11.5 Å². The number of aryl methyl sites for hydroxylation is 2. The summed E-state index contributed by atoms with van der Waals surface area (Å²) in [6, 6.07) is 11.8. The second-order valence-electron chi connectivity index (χ2n) is 8.70. The fraction of sp³-hybridized carbons (Fsp3) is 0.455. The Morgan fingerprint density at radius 2 is 0.958 bits per heavy atom. The molecule has 0 fully saturated rings. The van der Waals surface area contributed by atoms with Crippen molar-refractivity contribution in [1.82, 2.24) is 0 Å². The minimum absolute atomic E-state index is 0.0714. The molecule has 0 heterocycles. The van der Waals surface area contributed by atoms with Gasteiger partial charge in [0.05, 0.1) is 0 Å². The maximum atomic E-state index is 10.1. The Morgan fingerprint density at radius 1 is 0.625 bits per heavy atom. The van der Waals surface area contributed by atoms with E-state index in [9.17, 15) is 10.2 Å². The van der Waals surface area contributed by atoms with Crippen LogP contribution in [0.4, 0.5) is 0 Å². The summed E-state index contributed by atoms with van der Waals surface area (Å²) in [6.45, 7) is 12.7. The number of hydrogen-bond donors (Lipinski definition) is 2. The van der Waals surface area contributed by atoms with Gasteiger partial charge in [-0.2, -0.15) is 0 Å². The van der Waals surface area contributed by atoms with Crippen LogP contribution in [0.25, 0.3) is 0 Å². The molecular formula is C22H30O2. The molecule has 2 N–H and O–H groups in total. The second-order valence-corrected chi connectivity index (χ2v) is 8.70. The van der Waals surface area contributed by atoms with Crippen molar-refractivity contribution in [2.75, 3.05) is 0 Å². The molecule has 0 radical (unpaired) electrons. The largest absolute Gasteiger partial charge is 0.508 e. The van der Waals surface area contributed by atoms with Crippen LogP contribution in [-0.4, -0.2) is 10.2 Å². The molecule has 0 aromatic heterocycles. The van der Waals surface area contributed by atoms with Gasteiger partial charge in [-0.3, -0.25) is 0 Å². The predicted octanol–water partition coefficient (Wildman–Crippen LogP) is 5.48. The molecule has 2 nitrogen and oxygen atoms in total. The van der Waals surface area contributed by atoms with Crippen LogP contribution in [0.15, 0.2) is 36.4 Å². The van der Waals surface area contributed by atoms with Crippen molar-refractivity contribution in [2.24, 2.45) is 0 Å². The van der Waals surface area contributed by atoms with E-state index in [-0.39, 0.29) is 10.8 Å². The molecule has 0 spiro atoms. The first kappa shape index (κ1) is 18.4. The van der Waals surface area contributed by atoms with Crippen LogP contribution in [0.5, 0.6) is 11.5 Å². The Morgan fingerprint density at radius 3 is 1.25 bits per heavy atom. The standard InChI is InChI=1S/C22H30O2/c1-21(2,3)17-13-15(9-11-19(17)23)7-8-16-10-12-20(24)18(14-16)22(4,5)6/h9-14,23-24H,7-8H2,1-6H3. The Hall–Kier alpha value is -1.96. The molecule has 0 saturated heterocycles. The lowest BCUT2D eigenvalue weighted by molar-refractivity contribution is 0.445. The van der Waals surface area contributed by atoms with Gasteiger partial charge < -0.3 is 10.2 Å². The predicted molar refractivity (Wildman–Crippen MR) is 101 cm³/mol. The van der Waals surface area contributed by atoms with Crippen molar-refractivity contribution in [3.63, 3.8) is 0 Å². The lowest BCUT2D eigenvalue weighted by Crippen LogP contribution is -2.12. The van der Waals surface area contributed by atoms with E-state index in [1.807, 2.05) is 12.1 Å². The van der Waals surface area contributed by atoms with Crippen molar-refractivity contribution < 1.29 is 10.2 Å². The van der Waals surface area contributed by atoms with E-state index in [2.05, 4.69) is 53.7 Å². The maximum Gasteiger partial charge on any atom is 0.119 e. The van der Waals surface area contributed by atoms with E-state index >= 15 is 0 Å². The van der Waals surface area contributed by atoms with Gasteiger partial charge in [0.1, 0.15) is 11.5 Å². The number of rotatable bonds is 3. The highest BCUT2D eigenvalue weighted by molar-refractivity contribution is 5.42. The lowest BCUT2D eigenvalue weighted by Gasteiger charge is -2.22. The van der Waals surface area contributed by atoms with Gasteiger partial charge in [-0.05, 0) is 58.1 Å². The average Bonchev–Trinajstić information content (AvgIpc) is 2.45. The van der Waals surface area contributed by atoms with Gasteiger partial charge in [0, 0.05) is 0 Å². The summed E-state index contributed by atoms with van der Waals surface area (Å²) in [5.74, 6) is 0.733. The van der Waals surface area contributed by atoms with E-state index in [1.165, 1.54) is 11.1 Å². The molecule has 0 aliphatic heterocycles. The van der Waals surface area contributed by atoms with Crippen LogP contribution in [0, 0.1) is 0 Å². The number of benzene rings is 2. The summed E-state index contributed by atoms with van der Waals surface area (Å²) in [6.07, 6.45) is 1.83. The smallest absolute Gasteiger partial charge is 0.119 e. The van der Waals surface area contributed by atoms with Crippen LogP contribution in [-0.2, 0) is 23.7 Å². The van der Waals surface area contributed by atoms with E-state index in [1.54, 1.807) is 12.1 Å². The number of aromatic hydroxyl groups is 2. The molecule has 0 aliphatic carbocycles. The molecule has 0 amide bonds. The van der Waals surface area contributed by atoms with E-state index in [0.717, 1.165) is 24.0 Å². The highest BCUT2D eigenvalue weighted by Gasteiger charge is 2.19. The minimum Gasteiger partial charge on any atom is -0.508 e. The molecular weight excluding hydrogens is 296 g/mol. The van der Waals surface area contributed by atoms with Gasteiger partial charge in [-0.25, -0.2) is 0 Å². The van der Waals surface area contributed by atoms with Gasteiger partial charge in [-0.15, -0.1) is 0 Å². The minimum atomic E-state index is -0.0714. The fourth-order valence-corrected chi connectivity index (χ4v) is 2.97. The summed E-state index contributed by atoms with van der Waals surface area (Å²) in [5.41, 5.74) is 4.28. The first-order valence-corrected chi connectivity index (χ1v) is 8.63. The van der Waals surface area contributed by atoms with Crippen LogP contribution < -0.4 is 0 Å². The third-order valence-electron chi connectivity index (χ3n) is 4.44. The molecule has 2 aromatic rings. The van der Waals surface area contributed by atoms with Crippen molar-refractivity contribution in [2.45, 2.75) is 65.2 Å². The van der Waals surface area contributed by atoms with Gasteiger partial charge >= 0.3 is 0 Å². The van der Waals surface area contributed by atoms with Crippen LogP contribution in [0.3, 0.4) is 0 Å². The van der Waals surface area contributed by atoms with Crippen LogP contribution in [0.1, 0.15) is 63.8 Å². The summed E-state index contributed by atoms with van der Waals surface area (Å²) >= 11 is 0. The topological polar surface area (TPSA) is 40.5 Å². The van der Waals surface area contributed by atoms with E-state index in [4.69, 9.17) is 0 Å². The first-order valence-electron chi connectivity index (χ1n) is 8.63. The van der Waals surface area contributed by atoms with Gasteiger partial charge in [-0.1, -0.05) is 65.8 Å². The number of hydrogen-bond acceptors (Lipinski definition) is 2. The van der Waals surface area contributed by atoms with Crippen molar-refractivity contribution in [3.8, 4) is 11.5 Å². The Balaban J connectivity index is 2.20. The van der Waals surface area contributed by atoms with Gasteiger partial charge in [0.2, 0.25) is 0 Å². The van der Waals surface area contributed by atoms with Crippen molar-refractivity contribution in [1.29, 1.82) is 0 Å². The summed E-state index contributed by atoms with van der Waals surface area (Å²) in [5, 5.41) is 20.2. The zero-order valence-electron chi connectivity index (χ0n) is 15.8. The first-order chi connectivity index (χ1) is 11.0. The molecule has 0 saturated carbocycles. The molecule has 0 unspecified atom stereocenters. The van der Waals surface area contributed by atoms with Crippen molar-refractivity contribution in [3.05, 3.63) is 58.7 Å². The van der Waals surface area contributed by atoms with Crippen molar-refractivity contribution >= 4 is 0 Å². The second kappa shape index (κ2) is 6.51. The third-order valence-corrected chi connectivity index (χ3v) is 4.44. The molecule has 2 aromatic carbocycles. The zero-order valence-corrected chi connectivity index (χ0v) is 15.8. The monoisotopic (exact) mass is 326 g/mol. The average molecular weight is 326 g/mol. The third kappa shape index (κ3) is 4.31. The Kier molecular flexibility index (Phi) is 4.98. The van der Waals surface area contributed by atoms with Gasteiger partial charge in [0.15, 0.2) is 0 Å². The number of phenols is 2. The highest BCUT2D eigenvalue weighted by atomic mass is 16.3. The molecule has 0 atom stereocenters. The molecule has 24 heavy (non-hydrogen) atoms. The van der Waals surface area contributed by atoms with E-state index < -0.39 is 0 Å². The van der Waals surface area contributed by atoms with Crippen LogP contribution in [0.2, 0.25) is 0 Å². The highest BCUT2D eigenvalue weighted by Crippen LogP contribution is 2.33. The lowest BCUT2D eigenvalue weighted by atomic mass is 9.84. The molecule has 2 heteroatoms. The summed E-state index contributed by atoms with van der Waals surface area (Å²) in [7, 11) is 0. The molecule has 130 valence electrons. The summed E-state index contributed by atoms with van der Waals surface area (Å²) in [4.78, 5) is 0. The quantitative estimate of drug-likeness (QED) is 0.784. The SMILES string of the molecule is CC(C)(C)c1cc(CCc2ccc(O)c(C(C)(C)C)c2)ccc1O. The Bertz CT molecular complexity index is 652. The maximum absolute atomic E-state index is 10.1. The molecule has 2 rings (SSSR count). The molecule has 0 bridgehead atoms. The molecule has 0 aliphatic rings. The Labute approximate surface area is 146 Å². The van der Waals surface area contributed by atoms with Crippen LogP contribution >= 0.6 is 0 Å². The summed E-state index contributed by atoms with van der Waals surface area (Å²) < 4.78 is 0. The normalized spacial score (nSPS) is 12.4.